The van der Waals surface area contributed by atoms with E-state index < -0.39 is 6.09 Å². The first-order valence-corrected chi connectivity index (χ1v) is 9.64. The number of fused-ring (bicyclic) bond motifs is 1. The Morgan fingerprint density at radius 3 is 2.41 bits per heavy atom. The summed E-state index contributed by atoms with van der Waals surface area (Å²) in [7, 11) is 0. The molecule has 0 spiro atoms. The molecule has 4 rings (SSSR count). The highest BCUT2D eigenvalue weighted by atomic mass is 16.5. The maximum Gasteiger partial charge on any atom is 0.408 e. The summed E-state index contributed by atoms with van der Waals surface area (Å²) in [6.07, 6.45) is -0.468. The lowest BCUT2D eigenvalue weighted by atomic mass is 10.2. The molecule has 0 aliphatic rings. The highest BCUT2D eigenvalue weighted by Gasteiger charge is 2.21. The zero-order valence-corrected chi connectivity index (χ0v) is 16.5. The fourth-order valence-electron chi connectivity index (χ4n) is 3.45. The normalized spacial score (nSPS) is 11.9. The summed E-state index contributed by atoms with van der Waals surface area (Å²) in [5, 5.41) is 2.91. The zero-order valence-electron chi connectivity index (χ0n) is 16.5. The molecule has 0 aliphatic carbocycles. The minimum atomic E-state index is -0.468. The number of nitrogens with zero attached hydrogens (tertiary/aromatic N) is 2. The molecule has 1 amide bonds. The van der Waals surface area contributed by atoms with E-state index in [0.717, 1.165) is 33.7 Å². The van der Waals surface area contributed by atoms with Crippen LogP contribution in [0.4, 0.5) is 4.79 Å². The molecular formula is C24H23N3O2. The molecule has 4 aromatic rings. The van der Waals surface area contributed by atoms with Crippen molar-refractivity contribution in [3.05, 3.63) is 95.8 Å². The number of hydrogen-bond acceptors (Lipinski definition) is 3. The number of amides is 1. The van der Waals surface area contributed by atoms with Gasteiger partial charge in [0.1, 0.15) is 12.4 Å². The average Bonchev–Trinajstić information content (AvgIpc) is 3.15. The summed E-state index contributed by atoms with van der Waals surface area (Å²) in [5.74, 6) is 0.761. The number of alkyl carbamates (subject to hydrolysis) is 1. The van der Waals surface area contributed by atoms with Crippen molar-refractivity contribution in [2.45, 2.75) is 26.5 Å². The molecule has 146 valence electrons. The number of ether oxygens (including phenoxy) is 1. The van der Waals surface area contributed by atoms with E-state index in [9.17, 15) is 4.79 Å². The molecule has 5 heteroatoms. The van der Waals surface area contributed by atoms with E-state index in [1.54, 1.807) is 0 Å². The van der Waals surface area contributed by atoms with Gasteiger partial charge in [0.15, 0.2) is 0 Å². The summed E-state index contributed by atoms with van der Waals surface area (Å²) in [6, 6.07) is 25.4. The van der Waals surface area contributed by atoms with Crippen LogP contribution in [0.25, 0.3) is 16.7 Å². The minimum Gasteiger partial charge on any atom is -0.445 e. The van der Waals surface area contributed by atoms with Crippen molar-refractivity contribution >= 4 is 17.1 Å². The Labute approximate surface area is 170 Å². The molecule has 0 aliphatic heterocycles. The number of benzene rings is 3. The van der Waals surface area contributed by atoms with Gasteiger partial charge in [-0.05, 0) is 43.2 Å². The molecule has 1 atom stereocenters. The first-order valence-electron chi connectivity index (χ1n) is 9.64. The second-order valence-electron chi connectivity index (χ2n) is 7.01. The van der Waals surface area contributed by atoms with Crippen LogP contribution in [0, 0.1) is 6.92 Å². The monoisotopic (exact) mass is 385 g/mol. The maximum absolute atomic E-state index is 12.4. The SMILES string of the molecule is Cc1cccc2nc(C(C)NC(=O)OCc3ccccc3)n(-c3ccccc3)c12. The minimum absolute atomic E-state index is 0.230. The lowest BCUT2D eigenvalue weighted by molar-refractivity contribution is 0.136. The fourth-order valence-corrected chi connectivity index (χ4v) is 3.45. The topological polar surface area (TPSA) is 56.1 Å². The maximum atomic E-state index is 12.4. The summed E-state index contributed by atoms with van der Waals surface area (Å²) in [6.45, 7) is 4.22. The van der Waals surface area contributed by atoms with Crippen LogP contribution in [0.2, 0.25) is 0 Å². The van der Waals surface area contributed by atoms with E-state index in [0.29, 0.717) is 0 Å². The van der Waals surface area contributed by atoms with Gasteiger partial charge in [-0.15, -0.1) is 0 Å². The van der Waals surface area contributed by atoms with Crippen molar-refractivity contribution in [1.82, 2.24) is 14.9 Å². The fraction of sp³-hybridized carbons (Fsp3) is 0.167. The predicted molar refractivity (Wildman–Crippen MR) is 114 cm³/mol. The smallest absolute Gasteiger partial charge is 0.408 e. The molecule has 0 radical (unpaired) electrons. The number of nitrogens with one attached hydrogen (secondary N) is 1. The molecule has 5 nitrogen and oxygen atoms in total. The molecule has 3 aromatic carbocycles. The largest absolute Gasteiger partial charge is 0.445 e. The quantitative estimate of drug-likeness (QED) is 0.506. The summed E-state index contributed by atoms with van der Waals surface area (Å²) in [5.41, 5.74) is 5.02. The first kappa shape index (κ1) is 18.7. The first-order chi connectivity index (χ1) is 14.1. The van der Waals surface area contributed by atoms with Crippen molar-refractivity contribution < 1.29 is 9.53 Å². The number of hydrogen-bond donors (Lipinski definition) is 1. The van der Waals surface area contributed by atoms with E-state index in [2.05, 4.69) is 22.9 Å². The van der Waals surface area contributed by atoms with E-state index in [1.165, 1.54) is 0 Å². The lowest BCUT2D eigenvalue weighted by Crippen LogP contribution is -2.29. The molecular weight excluding hydrogens is 362 g/mol. The van der Waals surface area contributed by atoms with Gasteiger partial charge in [0.2, 0.25) is 0 Å². The van der Waals surface area contributed by atoms with E-state index >= 15 is 0 Å². The van der Waals surface area contributed by atoms with Crippen LogP contribution >= 0.6 is 0 Å². The highest BCUT2D eigenvalue weighted by molar-refractivity contribution is 5.82. The molecule has 0 saturated carbocycles. The van der Waals surface area contributed by atoms with Crippen molar-refractivity contribution in [2.24, 2.45) is 0 Å². The van der Waals surface area contributed by atoms with Crippen LogP contribution in [0.15, 0.2) is 78.9 Å². The Morgan fingerprint density at radius 2 is 1.69 bits per heavy atom. The molecule has 1 heterocycles. The number of imidazole rings is 1. The van der Waals surface area contributed by atoms with Crippen LogP contribution in [0.3, 0.4) is 0 Å². The van der Waals surface area contributed by atoms with E-state index in [1.807, 2.05) is 79.7 Å². The number of aryl methyl sites for hydroxylation is 1. The number of carbonyl (C=O) groups is 1. The van der Waals surface area contributed by atoms with Gasteiger partial charge < -0.3 is 10.1 Å². The van der Waals surface area contributed by atoms with Crippen LogP contribution in [0.1, 0.15) is 29.9 Å². The Kier molecular flexibility index (Phi) is 5.29. The van der Waals surface area contributed by atoms with Crippen molar-refractivity contribution in [2.75, 3.05) is 0 Å². The van der Waals surface area contributed by atoms with Crippen LogP contribution in [-0.4, -0.2) is 15.6 Å². The second kappa shape index (κ2) is 8.19. The molecule has 0 bridgehead atoms. The standard InChI is InChI=1S/C24H23N3O2/c1-17-10-9-15-21-22(17)27(20-13-7-4-8-14-20)23(26-21)18(2)25-24(28)29-16-19-11-5-3-6-12-19/h3-15,18H,16H2,1-2H3,(H,25,28). The van der Waals surface area contributed by atoms with Gasteiger partial charge in [-0.25, -0.2) is 9.78 Å². The van der Waals surface area contributed by atoms with E-state index in [4.69, 9.17) is 9.72 Å². The molecule has 1 aromatic heterocycles. The number of rotatable bonds is 5. The lowest BCUT2D eigenvalue weighted by Gasteiger charge is -2.17. The van der Waals surface area contributed by atoms with Gasteiger partial charge in [-0.2, -0.15) is 0 Å². The van der Waals surface area contributed by atoms with Crippen molar-refractivity contribution in [3.63, 3.8) is 0 Å². The van der Waals surface area contributed by atoms with Gasteiger partial charge in [0.25, 0.3) is 0 Å². The van der Waals surface area contributed by atoms with Crippen LogP contribution in [-0.2, 0) is 11.3 Å². The number of para-hydroxylation sites is 2. The van der Waals surface area contributed by atoms with Gasteiger partial charge in [-0.3, -0.25) is 4.57 Å². The third-order valence-electron chi connectivity index (χ3n) is 4.85. The van der Waals surface area contributed by atoms with Gasteiger partial charge in [0.05, 0.1) is 17.1 Å². The average molecular weight is 385 g/mol. The Morgan fingerprint density at radius 1 is 1.00 bits per heavy atom. The Balaban J connectivity index is 1.61. The van der Waals surface area contributed by atoms with Crippen molar-refractivity contribution in [1.29, 1.82) is 0 Å². The third-order valence-corrected chi connectivity index (χ3v) is 4.85. The summed E-state index contributed by atoms with van der Waals surface area (Å²) < 4.78 is 7.48. The highest BCUT2D eigenvalue weighted by Crippen LogP contribution is 2.27. The van der Waals surface area contributed by atoms with Crippen molar-refractivity contribution in [3.8, 4) is 5.69 Å². The van der Waals surface area contributed by atoms with Gasteiger partial charge >= 0.3 is 6.09 Å². The number of aromatic nitrogens is 2. The van der Waals surface area contributed by atoms with Gasteiger partial charge in [0, 0.05) is 5.69 Å². The van der Waals surface area contributed by atoms with E-state index in [-0.39, 0.29) is 12.6 Å². The van der Waals surface area contributed by atoms with Gasteiger partial charge in [-0.1, -0.05) is 60.7 Å². The zero-order chi connectivity index (χ0) is 20.2. The Hall–Kier alpha value is -3.60. The Bertz CT molecular complexity index is 1120. The molecule has 0 saturated heterocycles. The third kappa shape index (κ3) is 3.99. The molecule has 1 unspecified atom stereocenters. The molecule has 29 heavy (non-hydrogen) atoms. The van der Waals surface area contributed by atoms with Crippen LogP contribution < -0.4 is 5.32 Å². The molecule has 1 N–H and O–H groups in total. The summed E-state index contributed by atoms with van der Waals surface area (Å²) >= 11 is 0. The summed E-state index contributed by atoms with van der Waals surface area (Å²) in [4.78, 5) is 17.2. The predicted octanol–water partition coefficient (Wildman–Crippen LogP) is 5.32. The van der Waals surface area contributed by atoms with Crippen LogP contribution in [0.5, 0.6) is 0 Å². The second-order valence-corrected chi connectivity index (χ2v) is 7.01. The molecule has 0 fully saturated rings. The number of carbonyl (C=O) groups excluding carboxylic acids is 1.